The van der Waals surface area contributed by atoms with Crippen LogP contribution in [0, 0.1) is 6.92 Å². The molecule has 0 spiro atoms. The van der Waals surface area contributed by atoms with Gasteiger partial charge in [-0.2, -0.15) is 13.2 Å². The van der Waals surface area contributed by atoms with E-state index in [0.717, 1.165) is 6.07 Å². The van der Waals surface area contributed by atoms with E-state index >= 15 is 0 Å². The Morgan fingerprint density at radius 1 is 1.14 bits per heavy atom. The van der Waals surface area contributed by atoms with E-state index < -0.39 is 17.6 Å². The number of nitrogens with one attached hydrogen (secondary N) is 1. The van der Waals surface area contributed by atoms with Gasteiger partial charge in [-0.3, -0.25) is 9.78 Å². The van der Waals surface area contributed by atoms with E-state index in [1.807, 2.05) is 0 Å². The van der Waals surface area contributed by atoms with Crippen LogP contribution in [-0.2, 0) is 6.18 Å². The number of pyridine rings is 2. The van der Waals surface area contributed by atoms with Gasteiger partial charge >= 0.3 is 6.18 Å². The number of carbonyl (C=O) groups excluding carboxylic acids is 1. The van der Waals surface area contributed by atoms with Gasteiger partial charge in [-0.1, -0.05) is 23.4 Å². The molecule has 1 aromatic carbocycles. The van der Waals surface area contributed by atoms with E-state index in [2.05, 4.69) is 20.4 Å². The van der Waals surface area contributed by atoms with Crippen molar-refractivity contribution >= 4 is 22.7 Å². The van der Waals surface area contributed by atoms with Crippen molar-refractivity contribution in [1.29, 1.82) is 0 Å². The molecule has 4 rings (SSSR count). The van der Waals surface area contributed by atoms with Gasteiger partial charge in [0.1, 0.15) is 0 Å². The molecule has 0 saturated carbocycles. The van der Waals surface area contributed by atoms with Crippen LogP contribution in [0.3, 0.4) is 0 Å². The number of fused-ring (bicyclic) bond motifs is 1. The molecule has 0 aliphatic heterocycles. The molecule has 0 radical (unpaired) electrons. The minimum Gasteiger partial charge on any atom is -0.335 e. The zero-order chi connectivity index (χ0) is 20.6. The molecule has 1 amide bonds. The Morgan fingerprint density at radius 3 is 2.66 bits per heavy atom. The van der Waals surface area contributed by atoms with Gasteiger partial charge in [0.05, 0.1) is 39.8 Å². The fourth-order valence-electron chi connectivity index (χ4n) is 3.00. The molecule has 0 fully saturated rings. The Hall–Kier alpha value is -3.75. The molecule has 0 aliphatic carbocycles. The molecule has 3 aromatic heterocycles. The number of halogens is 3. The molecule has 0 aliphatic rings. The molecule has 0 atom stereocenters. The molecular formula is C20H13F3N4O2. The van der Waals surface area contributed by atoms with E-state index in [1.54, 1.807) is 25.3 Å². The van der Waals surface area contributed by atoms with E-state index in [1.165, 1.54) is 30.5 Å². The molecule has 29 heavy (non-hydrogen) atoms. The van der Waals surface area contributed by atoms with Gasteiger partial charge in [-0.05, 0) is 31.2 Å². The summed E-state index contributed by atoms with van der Waals surface area (Å²) in [6.07, 6.45) is -1.57. The number of alkyl halides is 3. The van der Waals surface area contributed by atoms with Crippen LogP contribution in [0.15, 0.2) is 59.4 Å². The molecule has 4 aromatic rings. The maximum absolute atomic E-state index is 13.4. The monoisotopic (exact) mass is 398 g/mol. The second kappa shape index (κ2) is 7.01. The second-order valence-electron chi connectivity index (χ2n) is 6.24. The number of hydrogen-bond donors (Lipinski definition) is 1. The van der Waals surface area contributed by atoms with Crippen molar-refractivity contribution in [1.82, 2.24) is 15.1 Å². The third-order valence-electron chi connectivity index (χ3n) is 4.29. The first-order valence-corrected chi connectivity index (χ1v) is 8.49. The van der Waals surface area contributed by atoms with Crippen LogP contribution in [0.1, 0.15) is 21.6 Å². The summed E-state index contributed by atoms with van der Waals surface area (Å²) < 4.78 is 45.5. The predicted molar refractivity (Wildman–Crippen MR) is 99.2 cm³/mol. The number of carbonyl (C=O) groups is 1. The zero-order valence-corrected chi connectivity index (χ0v) is 15.0. The van der Waals surface area contributed by atoms with Crippen LogP contribution in [0.5, 0.6) is 0 Å². The number of hydrogen-bond acceptors (Lipinski definition) is 5. The van der Waals surface area contributed by atoms with Crippen molar-refractivity contribution in [3.8, 4) is 11.3 Å². The molecule has 3 heterocycles. The first kappa shape index (κ1) is 18.6. The largest absolute Gasteiger partial charge is 0.417 e. The van der Waals surface area contributed by atoms with E-state index in [9.17, 15) is 18.0 Å². The fraction of sp³-hybridized carbons (Fsp3) is 0.100. The lowest BCUT2D eigenvalue weighted by molar-refractivity contribution is -0.137. The van der Waals surface area contributed by atoms with Crippen molar-refractivity contribution in [3.63, 3.8) is 0 Å². The first-order chi connectivity index (χ1) is 13.8. The number of amides is 1. The standard InChI is InChI=1S/C20H13F3N4O2/c1-11-17-14(18(28)25-12-5-4-8-24-10-12)9-16(26-19(17)29-27-11)13-6-2-3-7-15(13)20(21,22)23/h2-10H,1H3,(H,25,28). The third kappa shape index (κ3) is 3.54. The number of aromatic nitrogens is 3. The molecule has 0 bridgehead atoms. The molecule has 1 N–H and O–H groups in total. The Labute approximate surface area is 162 Å². The summed E-state index contributed by atoms with van der Waals surface area (Å²) in [7, 11) is 0. The summed E-state index contributed by atoms with van der Waals surface area (Å²) in [6.45, 7) is 1.62. The van der Waals surface area contributed by atoms with Gasteiger partial charge in [0.2, 0.25) is 0 Å². The maximum Gasteiger partial charge on any atom is 0.417 e. The molecular weight excluding hydrogens is 385 g/mol. The summed E-state index contributed by atoms with van der Waals surface area (Å²) >= 11 is 0. The normalized spacial score (nSPS) is 11.6. The van der Waals surface area contributed by atoms with Gasteiger partial charge in [-0.15, -0.1) is 0 Å². The van der Waals surface area contributed by atoms with Gasteiger partial charge in [-0.25, -0.2) is 4.98 Å². The summed E-state index contributed by atoms with van der Waals surface area (Å²) in [5, 5.41) is 6.80. The first-order valence-electron chi connectivity index (χ1n) is 8.49. The van der Waals surface area contributed by atoms with Crippen molar-refractivity contribution < 1.29 is 22.5 Å². The SMILES string of the molecule is Cc1noc2nc(-c3ccccc3C(F)(F)F)cc(C(=O)Nc3cccnc3)c12. The molecule has 9 heteroatoms. The average Bonchev–Trinajstić information content (AvgIpc) is 3.08. The smallest absolute Gasteiger partial charge is 0.335 e. The van der Waals surface area contributed by atoms with E-state index in [4.69, 9.17) is 4.52 Å². The molecule has 0 unspecified atom stereocenters. The average molecular weight is 398 g/mol. The van der Waals surface area contributed by atoms with Crippen molar-refractivity contribution in [2.45, 2.75) is 13.1 Å². The Kier molecular flexibility index (Phi) is 4.50. The second-order valence-corrected chi connectivity index (χ2v) is 6.24. The van der Waals surface area contributed by atoms with E-state index in [0.29, 0.717) is 16.8 Å². The molecule has 0 saturated heterocycles. The van der Waals surface area contributed by atoms with Crippen molar-refractivity contribution in [2.24, 2.45) is 0 Å². The van der Waals surface area contributed by atoms with Crippen LogP contribution in [0.2, 0.25) is 0 Å². The van der Waals surface area contributed by atoms with Gasteiger partial charge < -0.3 is 9.84 Å². The van der Waals surface area contributed by atoms with Crippen LogP contribution < -0.4 is 5.32 Å². The maximum atomic E-state index is 13.4. The van der Waals surface area contributed by atoms with Crippen LogP contribution >= 0.6 is 0 Å². The highest BCUT2D eigenvalue weighted by atomic mass is 19.4. The van der Waals surface area contributed by atoms with Crippen LogP contribution in [0.4, 0.5) is 18.9 Å². The number of nitrogens with zero attached hydrogens (tertiary/aromatic N) is 3. The quantitative estimate of drug-likeness (QED) is 0.533. The van der Waals surface area contributed by atoms with Crippen LogP contribution in [-0.4, -0.2) is 21.0 Å². The van der Waals surface area contributed by atoms with E-state index in [-0.39, 0.29) is 22.5 Å². The number of rotatable bonds is 3. The lowest BCUT2D eigenvalue weighted by Crippen LogP contribution is -2.13. The summed E-state index contributed by atoms with van der Waals surface area (Å²) in [5.41, 5.74) is -0.141. The molecule has 6 nitrogen and oxygen atoms in total. The minimum atomic E-state index is -4.58. The van der Waals surface area contributed by atoms with Crippen molar-refractivity contribution in [2.75, 3.05) is 5.32 Å². The highest BCUT2D eigenvalue weighted by Crippen LogP contribution is 2.37. The Balaban J connectivity index is 1.88. The topological polar surface area (TPSA) is 80.9 Å². The van der Waals surface area contributed by atoms with Crippen LogP contribution in [0.25, 0.3) is 22.4 Å². The zero-order valence-electron chi connectivity index (χ0n) is 15.0. The lowest BCUT2D eigenvalue weighted by atomic mass is 10.0. The van der Waals surface area contributed by atoms with Gasteiger partial charge in [0, 0.05) is 11.8 Å². The van der Waals surface area contributed by atoms with Crippen molar-refractivity contribution in [3.05, 3.63) is 71.7 Å². The number of aryl methyl sites for hydroxylation is 1. The minimum absolute atomic E-state index is 0.0201. The highest BCUT2D eigenvalue weighted by Gasteiger charge is 2.34. The summed E-state index contributed by atoms with van der Waals surface area (Å²) in [6, 6.07) is 9.61. The third-order valence-corrected chi connectivity index (χ3v) is 4.29. The number of anilines is 1. The highest BCUT2D eigenvalue weighted by molar-refractivity contribution is 6.13. The Bertz CT molecular complexity index is 1200. The summed E-state index contributed by atoms with van der Waals surface area (Å²) in [5.74, 6) is -0.539. The predicted octanol–water partition coefficient (Wildman–Crippen LogP) is 4.86. The molecule has 146 valence electrons. The lowest BCUT2D eigenvalue weighted by Gasteiger charge is -2.13. The number of benzene rings is 1. The Morgan fingerprint density at radius 2 is 1.93 bits per heavy atom. The summed E-state index contributed by atoms with van der Waals surface area (Å²) in [4.78, 5) is 21.0. The van der Waals surface area contributed by atoms with Gasteiger partial charge in [0.25, 0.3) is 11.6 Å². The fourth-order valence-corrected chi connectivity index (χ4v) is 3.00. The van der Waals surface area contributed by atoms with Gasteiger partial charge in [0.15, 0.2) is 0 Å².